The topological polar surface area (TPSA) is 35.2 Å². The van der Waals surface area contributed by atoms with E-state index in [1.165, 1.54) is 12.1 Å². The largest absolute Gasteiger partial charge is 0.493 e. The Hall–Kier alpha value is -1.87. The Labute approximate surface area is 119 Å². The van der Waals surface area contributed by atoms with Crippen LogP contribution in [-0.4, -0.2) is 6.61 Å². The first-order chi connectivity index (χ1) is 9.55. The molecule has 0 fully saturated rings. The number of halogens is 1. The van der Waals surface area contributed by atoms with Crippen LogP contribution in [0.2, 0.25) is 0 Å². The maximum absolute atomic E-state index is 13.1. The van der Waals surface area contributed by atoms with Crippen molar-refractivity contribution >= 4 is 0 Å². The molecule has 1 unspecified atom stereocenters. The van der Waals surface area contributed by atoms with E-state index in [4.69, 9.17) is 10.5 Å². The highest BCUT2D eigenvalue weighted by Gasteiger charge is 2.27. The lowest BCUT2D eigenvalue weighted by Gasteiger charge is -2.28. The van der Waals surface area contributed by atoms with Crippen molar-refractivity contribution in [2.45, 2.75) is 25.8 Å². The summed E-state index contributed by atoms with van der Waals surface area (Å²) >= 11 is 0. The molecule has 0 bridgehead atoms. The second-order valence-corrected chi connectivity index (χ2v) is 5.05. The molecule has 0 amide bonds. The normalized spacial score (nSPS) is 13.8. The van der Waals surface area contributed by atoms with Crippen molar-refractivity contribution in [3.63, 3.8) is 0 Å². The van der Waals surface area contributed by atoms with Gasteiger partial charge in [0.25, 0.3) is 0 Å². The minimum Gasteiger partial charge on any atom is -0.493 e. The van der Waals surface area contributed by atoms with E-state index in [1.807, 2.05) is 31.2 Å². The molecule has 0 aliphatic carbocycles. The van der Waals surface area contributed by atoms with Gasteiger partial charge in [-0.1, -0.05) is 37.3 Å². The Kier molecular flexibility index (Phi) is 4.40. The minimum absolute atomic E-state index is 0.264. The maximum Gasteiger partial charge on any atom is 0.124 e. The Morgan fingerprint density at radius 3 is 2.40 bits per heavy atom. The van der Waals surface area contributed by atoms with Gasteiger partial charge in [-0.3, -0.25) is 0 Å². The van der Waals surface area contributed by atoms with Gasteiger partial charge in [-0.05, 0) is 37.1 Å². The van der Waals surface area contributed by atoms with E-state index < -0.39 is 5.54 Å². The molecular weight excluding hydrogens is 253 g/mol. The summed E-state index contributed by atoms with van der Waals surface area (Å²) in [4.78, 5) is 0. The lowest BCUT2D eigenvalue weighted by molar-refractivity contribution is 0.309. The van der Waals surface area contributed by atoms with Crippen LogP contribution in [0.3, 0.4) is 0 Å². The third-order valence-corrected chi connectivity index (χ3v) is 3.35. The van der Waals surface area contributed by atoms with Crippen LogP contribution >= 0.6 is 0 Å². The summed E-state index contributed by atoms with van der Waals surface area (Å²) in [7, 11) is 0. The van der Waals surface area contributed by atoms with Gasteiger partial charge in [0.1, 0.15) is 11.6 Å². The summed E-state index contributed by atoms with van der Waals surface area (Å²) in [5, 5.41) is 0. The average Bonchev–Trinajstić information content (AvgIpc) is 2.46. The van der Waals surface area contributed by atoms with Crippen LogP contribution in [0.4, 0.5) is 4.39 Å². The number of nitrogens with two attached hydrogens (primary N) is 1. The monoisotopic (exact) mass is 273 g/mol. The second-order valence-electron chi connectivity index (χ2n) is 5.05. The summed E-state index contributed by atoms with van der Waals surface area (Å²) in [6, 6.07) is 14.0. The third-order valence-electron chi connectivity index (χ3n) is 3.35. The highest BCUT2D eigenvalue weighted by molar-refractivity contribution is 5.45. The van der Waals surface area contributed by atoms with Gasteiger partial charge >= 0.3 is 0 Å². The standard InChI is InChI=1S/C17H20FNO/c1-3-12-20-16-7-5-4-6-15(16)17(2,19)13-8-10-14(18)11-9-13/h4-11H,3,12,19H2,1-2H3. The van der Waals surface area contributed by atoms with Gasteiger partial charge in [-0.15, -0.1) is 0 Å². The number of para-hydroxylation sites is 1. The van der Waals surface area contributed by atoms with Gasteiger partial charge in [-0.25, -0.2) is 4.39 Å². The molecule has 3 heteroatoms. The van der Waals surface area contributed by atoms with Gasteiger partial charge in [0.2, 0.25) is 0 Å². The number of benzene rings is 2. The second kappa shape index (κ2) is 6.06. The molecule has 2 rings (SSSR count). The Bertz CT molecular complexity index is 563. The molecule has 1 atom stereocenters. The van der Waals surface area contributed by atoms with E-state index in [2.05, 4.69) is 6.92 Å². The molecule has 0 radical (unpaired) electrons. The first-order valence-electron chi connectivity index (χ1n) is 6.83. The molecule has 0 aliphatic rings. The Balaban J connectivity index is 2.40. The van der Waals surface area contributed by atoms with E-state index in [0.29, 0.717) is 6.61 Å². The average molecular weight is 273 g/mol. The van der Waals surface area contributed by atoms with E-state index in [0.717, 1.165) is 23.3 Å². The van der Waals surface area contributed by atoms with Crippen molar-refractivity contribution in [1.82, 2.24) is 0 Å². The van der Waals surface area contributed by atoms with Crippen molar-refractivity contribution in [2.24, 2.45) is 5.73 Å². The first-order valence-corrected chi connectivity index (χ1v) is 6.83. The van der Waals surface area contributed by atoms with Crippen LogP contribution in [0.15, 0.2) is 48.5 Å². The van der Waals surface area contributed by atoms with E-state index >= 15 is 0 Å². The Morgan fingerprint density at radius 2 is 1.75 bits per heavy atom. The fraction of sp³-hybridized carbons (Fsp3) is 0.294. The van der Waals surface area contributed by atoms with Gasteiger partial charge < -0.3 is 10.5 Å². The van der Waals surface area contributed by atoms with Gasteiger partial charge in [0.05, 0.1) is 12.1 Å². The van der Waals surface area contributed by atoms with Crippen LogP contribution in [0.1, 0.15) is 31.4 Å². The third kappa shape index (κ3) is 2.99. The molecule has 0 heterocycles. The van der Waals surface area contributed by atoms with E-state index in [9.17, 15) is 4.39 Å². The SMILES string of the molecule is CCCOc1ccccc1C(C)(N)c1ccc(F)cc1. The highest BCUT2D eigenvalue weighted by atomic mass is 19.1. The van der Waals surface area contributed by atoms with Gasteiger partial charge in [0, 0.05) is 5.56 Å². The van der Waals surface area contributed by atoms with E-state index in [-0.39, 0.29) is 5.82 Å². The minimum atomic E-state index is -0.724. The summed E-state index contributed by atoms with van der Waals surface area (Å²) < 4.78 is 18.8. The van der Waals surface area contributed by atoms with Crippen molar-refractivity contribution in [3.05, 3.63) is 65.5 Å². The fourth-order valence-corrected chi connectivity index (χ4v) is 2.19. The lowest BCUT2D eigenvalue weighted by atomic mass is 9.85. The fourth-order valence-electron chi connectivity index (χ4n) is 2.19. The zero-order valence-corrected chi connectivity index (χ0v) is 11.9. The summed E-state index contributed by atoms with van der Waals surface area (Å²) in [6.07, 6.45) is 0.937. The smallest absolute Gasteiger partial charge is 0.124 e. The number of hydrogen-bond donors (Lipinski definition) is 1. The van der Waals surface area contributed by atoms with Crippen molar-refractivity contribution in [2.75, 3.05) is 6.61 Å². The molecule has 2 aromatic rings. The maximum atomic E-state index is 13.1. The van der Waals surface area contributed by atoms with Crippen molar-refractivity contribution in [3.8, 4) is 5.75 Å². The first kappa shape index (κ1) is 14.5. The number of rotatable bonds is 5. The highest BCUT2D eigenvalue weighted by Crippen LogP contribution is 2.33. The summed E-state index contributed by atoms with van der Waals surface area (Å²) in [5.74, 6) is 0.517. The lowest BCUT2D eigenvalue weighted by Crippen LogP contribution is -2.34. The van der Waals surface area contributed by atoms with Gasteiger partial charge in [0.15, 0.2) is 0 Å². The van der Waals surface area contributed by atoms with Crippen molar-refractivity contribution < 1.29 is 9.13 Å². The van der Waals surface area contributed by atoms with Crippen molar-refractivity contribution in [1.29, 1.82) is 0 Å². The Morgan fingerprint density at radius 1 is 1.10 bits per heavy atom. The molecular formula is C17H20FNO. The molecule has 0 spiro atoms. The van der Waals surface area contributed by atoms with Crippen LogP contribution in [-0.2, 0) is 5.54 Å². The molecule has 2 N–H and O–H groups in total. The zero-order valence-electron chi connectivity index (χ0n) is 11.9. The summed E-state index contributed by atoms with van der Waals surface area (Å²) in [5.41, 5.74) is 7.51. The van der Waals surface area contributed by atoms with Crippen LogP contribution in [0.25, 0.3) is 0 Å². The van der Waals surface area contributed by atoms with Gasteiger partial charge in [-0.2, -0.15) is 0 Å². The molecule has 0 aliphatic heterocycles. The molecule has 20 heavy (non-hydrogen) atoms. The zero-order chi connectivity index (χ0) is 14.6. The summed E-state index contributed by atoms with van der Waals surface area (Å²) in [6.45, 7) is 4.62. The van der Waals surface area contributed by atoms with Crippen LogP contribution in [0, 0.1) is 5.82 Å². The molecule has 106 valence electrons. The quantitative estimate of drug-likeness (QED) is 0.898. The van der Waals surface area contributed by atoms with Crippen LogP contribution < -0.4 is 10.5 Å². The molecule has 2 aromatic carbocycles. The molecule has 0 saturated carbocycles. The number of ether oxygens (including phenoxy) is 1. The number of hydrogen-bond acceptors (Lipinski definition) is 2. The molecule has 0 saturated heterocycles. The molecule has 2 nitrogen and oxygen atoms in total. The predicted molar refractivity (Wildman–Crippen MR) is 79.3 cm³/mol. The van der Waals surface area contributed by atoms with Crippen LogP contribution in [0.5, 0.6) is 5.75 Å². The predicted octanol–water partition coefficient (Wildman–Crippen LogP) is 3.84. The van der Waals surface area contributed by atoms with E-state index in [1.54, 1.807) is 12.1 Å². The molecule has 0 aromatic heterocycles.